The zero-order valence-corrected chi connectivity index (χ0v) is 16.7. The van der Waals surface area contributed by atoms with E-state index in [1.807, 2.05) is 19.0 Å². The maximum atomic E-state index is 12.1. The van der Waals surface area contributed by atoms with Crippen LogP contribution >= 0.6 is 0 Å². The van der Waals surface area contributed by atoms with E-state index >= 15 is 0 Å². The van der Waals surface area contributed by atoms with Crippen molar-refractivity contribution in [3.05, 3.63) is 22.2 Å². The van der Waals surface area contributed by atoms with Crippen molar-refractivity contribution in [1.82, 2.24) is 4.90 Å². The molecule has 1 aromatic carbocycles. The van der Waals surface area contributed by atoms with Gasteiger partial charge in [-0.1, -0.05) is 0 Å². The van der Waals surface area contributed by atoms with Gasteiger partial charge in [0.2, 0.25) is 0 Å². The van der Waals surface area contributed by atoms with Crippen molar-refractivity contribution >= 4 is 23.2 Å². The largest absolute Gasteiger partial charge is 0.494 e. The molecule has 9 heteroatoms. The molecule has 1 atom stereocenters. The van der Waals surface area contributed by atoms with Gasteiger partial charge in [0.05, 0.1) is 17.7 Å². The molecule has 2 rings (SSSR count). The van der Waals surface area contributed by atoms with E-state index in [0.29, 0.717) is 30.6 Å². The lowest BCUT2D eigenvalue weighted by molar-refractivity contribution is -0.384. The van der Waals surface area contributed by atoms with E-state index in [1.165, 1.54) is 13.2 Å². The predicted octanol–water partition coefficient (Wildman–Crippen LogP) is 3.09. The van der Waals surface area contributed by atoms with E-state index in [4.69, 9.17) is 9.47 Å². The highest BCUT2D eigenvalue weighted by atomic mass is 16.6. The van der Waals surface area contributed by atoms with Gasteiger partial charge in [-0.3, -0.25) is 15.4 Å². The Kier molecular flexibility index (Phi) is 6.15. The van der Waals surface area contributed by atoms with Gasteiger partial charge >= 0.3 is 6.09 Å². The van der Waals surface area contributed by atoms with E-state index in [-0.39, 0.29) is 11.4 Å². The Hall–Kier alpha value is -2.55. The summed E-state index contributed by atoms with van der Waals surface area (Å²) in [5, 5.41) is 14.2. The van der Waals surface area contributed by atoms with Crippen LogP contribution in [0.2, 0.25) is 0 Å². The van der Waals surface area contributed by atoms with Crippen LogP contribution in [0.5, 0.6) is 5.75 Å². The zero-order chi connectivity index (χ0) is 20.4. The number of rotatable bonds is 5. The minimum absolute atomic E-state index is 0.0822. The first-order valence-corrected chi connectivity index (χ1v) is 8.79. The lowest BCUT2D eigenvalue weighted by Gasteiger charge is -2.23. The van der Waals surface area contributed by atoms with E-state index in [0.717, 1.165) is 6.42 Å². The molecule has 0 aliphatic carbocycles. The number of benzene rings is 1. The average Bonchev–Trinajstić information content (AvgIpc) is 3.02. The molecule has 1 heterocycles. The molecule has 1 aliphatic heterocycles. The van der Waals surface area contributed by atoms with Crippen molar-refractivity contribution in [2.24, 2.45) is 0 Å². The number of nitro groups is 1. The number of methoxy groups -OCH3 is 1. The third kappa shape index (κ3) is 5.22. The monoisotopic (exact) mass is 380 g/mol. The van der Waals surface area contributed by atoms with Crippen LogP contribution in [0.25, 0.3) is 0 Å². The third-order valence-electron chi connectivity index (χ3n) is 4.36. The van der Waals surface area contributed by atoms with E-state index in [9.17, 15) is 14.9 Å². The maximum Gasteiger partial charge on any atom is 0.412 e. The standard InChI is InChI=1S/C18H28N4O5/c1-18(2,3)27-17(23)19-13-9-15(22(24)25)14(10-16(13)26-6)21-8-7-12(11-21)20(4)5/h9-10,12H,7-8,11H2,1-6H3,(H,19,23). The number of nitrogens with zero attached hydrogens (tertiary/aromatic N) is 3. The molecule has 0 saturated carbocycles. The molecule has 150 valence electrons. The van der Waals surface area contributed by atoms with Crippen LogP contribution in [0.15, 0.2) is 12.1 Å². The number of nitro benzene ring substituents is 1. The Bertz CT molecular complexity index is 714. The van der Waals surface area contributed by atoms with Gasteiger partial charge in [-0.05, 0) is 41.3 Å². The van der Waals surface area contributed by atoms with Gasteiger partial charge < -0.3 is 19.3 Å². The second-order valence-electron chi connectivity index (χ2n) is 7.78. The molecule has 1 N–H and O–H groups in total. The van der Waals surface area contributed by atoms with Crippen molar-refractivity contribution in [3.8, 4) is 5.75 Å². The lowest BCUT2D eigenvalue weighted by atomic mass is 10.2. The summed E-state index contributed by atoms with van der Waals surface area (Å²) in [5.74, 6) is 0.342. The molecule has 1 saturated heterocycles. The van der Waals surface area contributed by atoms with Crippen molar-refractivity contribution < 1.29 is 19.2 Å². The fraction of sp³-hybridized carbons (Fsp3) is 0.611. The molecular weight excluding hydrogens is 352 g/mol. The summed E-state index contributed by atoms with van der Waals surface area (Å²) >= 11 is 0. The van der Waals surface area contributed by atoms with E-state index < -0.39 is 16.6 Å². The number of nitrogens with one attached hydrogen (secondary N) is 1. The van der Waals surface area contributed by atoms with Crippen LogP contribution in [0, 0.1) is 10.1 Å². The number of ether oxygens (including phenoxy) is 2. The molecule has 1 aromatic rings. The summed E-state index contributed by atoms with van der Waals surface area (Å²) in [4.78, 5) is 27.3. The molecule has 0 aromatic heterocycles. The average molecular weight is 380 g/mol. The predicted molar refractivity (Wildman–Crippen MR) is 104 cm³/mol. The first kappa shape index (κ1) is 20.8. The number of carbonyl (C=O) groups is 1. The molecule has 0 bridgehead atoms. The second kappa shape index (κ2) is 7.99. The number of carbonyl (C=O) groups excluding carboxylic acids is 1. The molecule has 1 unspecified atom stereocenters. The quantitative estimate of drug-likeness (QED) is 0.619. The zero-order valence-electron chi connectivity index (χ0n) is 16.7. The van der Waals surface area contributed by atoms with Crippen LogP contribution in [0.1, 0.15) is 27.2 Å². The summed E-state index contributed by atoms with van der Waals surface area (Å²) < 4.78 is 10.6. The maximum absolute atomic E-state index is 12.1. The van der Waals surface area contributed by atoms with Crippen molar-refractivity contribution in [1.29, 1.82) is 0 Å². The summed E-state index contributed by atoms with van der Waals surface area (Å²) in [6, 6.07) is 3.25. The van der Waals surface area contributed by atoms with Crippen LogP contribution in [0.4, 0.5) is 21.9 Å². The van der Waals surface area contributed by atoms with Crippen LogP contribution in [-0.4, -0.2) is 61.9 Å². The lowest BCUT2D eigenvalue weighted by Crippen LogP contribution is -2.31. The molecule has 0 spiro atoms. The highest BCUT2D eigenvalue weighted by Crippen LogP contribution is 2.40. The van der Waals surface area contributed by atoms with Gasteiger partial charge in [-0.2, -0.15) is 0 Å². The van der Waals surface area contributed by atoms with E-state index in [1.54, 1.807) is 26.8 Å². The topological polar surface area (TPSA) is 97.2 Å². The fourth-order valence-corrected chi connectivity index (χ4v) is 3.02. The van der Waals surface area contributed by atoms with Gasteiger partial charge in [0.1, 0.15) is 17.0 Å². The summed E-state index contributed by atoms with van der Waals surface area (Å²) in [6.07, 6.45) is 0.224. The van der Waals surface area contributed by atoms with Gasteiger partial charge in [-0.25, -0.2) is 4.79 Å². The van der Waals surface area contributed by atoms with Crippen molar-refractivity contribution in [2.75, 3.05) is 44.5 Å². The van der Waals surface area contributed by atoms with Crippen molar-refractivity contribution in [3.63, 3.8) is 0 Å². The SMILES string of the molecule is COc1cc(N2CCC(N(C)C)C2)c([N+](=O)[O-])cc1NC(=O)OC(C)(C)C. The molecule has 0 radical (unpaired) electrons. The Morgan fingerprint density at radius 2 is 2.04 bits per heavy atom. The van der Waals surface area contributed by atoms with Gasteiger partial charge in [-0.15, -0.1) is 0 Å². The Labute approximate surface area is 159 Å². The summed E-state index contributed by atoms with van der Waals surface area (Å²) in [7, 11) is 5.45. The minimum Gasteiger partial charge on any atom is -0.494 e. The number of likely N-dealkylation sites (N-methyl/N-ethyl adjacent to an activating group) is 1. The van der Waals surface area contributed by atoms with Crippen LogP contribution < -0.4 is 15.0 Å². The third-order valence-corrected chi connectivity index (χ3v) is 4.36. The number of hydrogen-bond acceptors (Lipinski definition) is 7. The van der Waals surface area contributed by atoms with Crippen molar-refractivity contribution in [2.45, 2.75) is 38.8 Å². The van der Waals surface area contributed by atoms with Crippen LogP contribution in [-0.2, 0) is 4.74 Å². The second-order valence-corrected chi connectivity index (χ2v) is 7.78. The van der Waals surface area contributed by atoms with Gasteiger partial charge in [0.15, 0.2) is 0 Å². The fourth-order valence-electron chi connectivity index (χ4n) is 3.02. The smallest absolute Gasteiger partial charge is 0.412 e. The molecule has 1 aliphatic rings. The van der Waals surface area contributed by atoms with E-state index in [2.05, 4.69) is 10.2 Å². The summed E-state index contributed by atoms with van der Waals surface area (Å²) in [6.45, 7) is 6.62. The Morgan fingerprint density at radius 1 is 1.37 bits per heavy atom. The first-order valence-electron chi connectivity index (χ1n) is 8.79. The van der Waals surface area contributed by atoms with Gasteiger partial charge in [0, 0.05) is 31.3 Å². The molecule has 1 fully saturated rings. The highest BCUT2D eigenvalue weighted by molar-refractivity contribution is 5.89. The molecule has 9 nitrogen and oxygen atoms in total. The highest BCUT2D eigenvalue weighted by Gasteiger charge is 2.30. The minimum atomic E-state index is -0.698. The molecular formula is C18H28N4O5. The first-order chi connectivity index (χ1) is 12.5. The summed E-state index contributed by atoms with van der Waals surface area (Å²) in [5.41, 5.74) is -0.0808. The number of amides is 1. The molecule has 1 amide bonds. The van der Waals surface area contributed by atoms with Crippen LogP contribution in [0.3, 0.4) is 0 Å². The molecule has 27 heavy (non-hydrogen) atoms. The van der Waals surface area contributed by atoms with Gasteiger partial charge in [0.25, 0.3) is 5.69 Å². The normalized spacial score (nSPS) is 17.1. The Morgan fingerprint density at radius 3 is 2.52 bits per heavy atom. The number of anilines is 2. The Balaban J connectivity index is 2.35. The number of hydrogen-bond donors (Lipinski definition) is 1.